The summed E-state index contributed by atoms with van der Waals surface area (Å²) in [6.45, 7) is 3.33. The van der Waals surface area contributed by atoms with Crippen LogP contribution in [0.3, 0.4) is 0 Å². The number of aromatic nitrogens is 2. The molecule has 3 N–H and O–H groups in total. The fourth-order valence-electron chi connectivity index (χ4n) is 3.98. The fourth-order valence-corrected chi connectivity index (χ4v) is 4.10. The fraction of sp³-hybridized carbons (Fsp3) is 0.476. The molecule has 0 radical (unpaired) electrons. The van der Waals surface area contributed by atoms with Crippen LogP contribution in [0.15, 0.2) is 24.4 Å². The molecule has 0 aliphatic carbocycles. The van der Waals surface area contributed by atoms with E-state index in [1.807, 2.05) is 0 Å². The number of rotatable bonds is 5. The highest BCUT2D eigenvalue weighted by Crippen LogP contribution is 2.27. The third-order valence-corrected chi connectivity index (χ3v) is 6.04. The molecule has 10 heteroatoms. The number of carbonyl (C=O) groups is 1. The van der Waals surface area contributed by atoms with Gasteiger partial charge in [0, 0.05) is 31.7 Å². The average Bonchev–Trinajstić information content (AvgIpc) is 3.23. The normalized spacial score (nSPS) is 21.5. The molecule has 1 aromatic carbocycles. The first-order valence-electron chi connectivity index (χ1n) is 10.3. The Kier molecular flexibility index (Phi) is 6.52. The van der Waals surface area contributed by atoms with Crippen molar-refractivity contribution in [3.8, 4) is 0 Å². The standard InChI is InChI=1S/C21H25ClF2N6O/c1-12(7-23)27-20-26-8-14-4-5-30(11-19(14)28-20)21(31)29-18-10-25-9-15(18)13-2-3-16(22)17(24)6-13/h2-3,6,8,12,15,18,25H,4-5,7,9-11H2,1H3,(H,29,31)(H,26,27,28)/t12?,15-,18+/m0/s1. The number of halogens is 3. The van der Waals surface area contributed by atoms with Crippen LogP contribution in [0, 0.1) is 5.82 Å². The van der Waals surface area contributed by atoms with Crippen molar-refractivity contribution >= 4 is 23.6 Å². The highest BCUT2D eigenvalue weighted by molar-refractivity contribution is 6.30. The topological polar surface area (TPSA) is 82.2 Å². The molecule has 3 heterocycles. The minimum Gasteiger partial charge on any atom is -0.349 e. The lowest BCUT2D eigenvalue weighted by Gasteiger charge is -2.30. The van der Waals surface area contributed by atoms with Gasteiger partial charge in [0.2, 0.25) is 5.95 Å². The largest absolute Gasteiger partial charge is 0.349 e. The third kappa shape index (κ3) is 4.88. The van der Waals surface area contributed by atoms with Gasteiger partial charge in [0.25, 0.3) is 0 Å². The molecule has 1 fully saturated rings. The van der Waals surface area contributed by atoms with Crippen LogP contribution in [0.2, 0.25) is 5.02 Å². The Morgan fingerprint density at radius 2 is 2.26 bits per heavy atom. The van der Waals surface area contributed by atoms with E-state index in [9.17, 15) is 13.6 Å². The van der Waals surface area contributed by atoms with Gasteiger partial charge in [-0.2, -0.15) is 0 Å². The lowest BCUT2D eigenvalue weighted by atomic mass is 9.94. The summed E-state index contributed by atoms with van der Waals surface area (Å²) in [7, 11) is 0. The first-order valence-corrected chi connectivity index (χ1v) is 10.7. The van der Waals surface area contributed by atoms with E-state index < -0.39 is 12.5 Å². The van der Waals surface area contributed by atoms with Gasteiger partial charge in [0.05, 0.1) is 29.3 Å². The molecule has 0 spiro atoms. The second-order valence-corrected chi connectivity index (χ2v) is 8.44. The van der Waals surface area contributed by atoms with Gasteiger partial charge in [-0.25, -0.2) is 23.5 Å². The smallest absolute Gasteiger partial charge is 0.318 e. The Morgan fingerprint density at radius 3 is 3.03 bits per heavy atom. The summed E-state index contributed by atoms with van der Waals surface area (Å²) in [5.41, 5.74) is 2.54. The van der Waals surface area contributed by atoms with Crippen LogP contribution in [-0.4, -0.2) is 59.3 Å². The van der Waals surface area contributed by atoms with E-state index in [0.717, 1.165) is 16.8 Å². The Hall–Kier alpha value is -2.52. The highest BCUT2D eigenvalue weighted by Gasteiger charge is 2.32. The zero-order valence-corrected chi connectivity index (χ0v) is 17.9. The Labute approximate surface area is 184 Å². The number of nitrogens with one attached hydrogen (secondary N) is 3. The number of urea groups is 1. The molecule has 166 valence electrons. The van der Waals surface area contributed by atoms with Gasteiger partial charge in [0.15, 0.2) is 0 Å². The van der Waals surface area contributed by atoms with Crippen LogP contribution >= 0.6 is 11.6 Å². The molecule has 2 amide bonds. The number of hydrogen-bond donors (Lipinski definition) is 3. The minimum absolute atomic E-state index is 0.0480. The maximum Gasteiger partial charge on any atom is 0.318 e. The molecule has 0 bridgehead atoms. The molecular weight excluding hydrogens is 426 g/mol. The Balaban J connectivity index is 1.42. The van der Waals surface area contributed by atoms with Crippen LogP contribution in [0.25, 0.3) is 0 Å². The molecule has 31 heavy (non-hydrogen) atoms. The number of alkyl halides is 1. The van der Waals surface area contributed by atoms with Crippen molar-refractivity contribution in [1.82, 2.24) is 25.5 Å². The summed E-state index contributed by atoms with van der Waals surface area (Å²) in [5, 5.41) is 9.34. The maximum absolute atomic E-state index is 13.9. The molecule has 0 saturated carbocycles. The summed E-state index contributed by atoms with van der Waals surface area (Å²) >= 11 is 5.80. The minimum atomic E-state index is -0.525. The lowest BCUT2D eigenvalue weighted by molar-refractivity contribution is 0.187. The van der Waals surface area contributed by atoms with Gasteiger partial charge in [0.1, 0.15) is 12.5 Å². The number of hydrogen-bond acceptors (Lipinski definition) is 5. The zero-order chi connectivity index (χ0) is 22.0. The van der Waals surface area contributed by atoms with E-state index in [4.69, 9.17) is 11.6 Å². The van der Waals surface area contributed by atoms with Crippen molar-refractivity contribution in [2.45, 2.75) is 37.9 Å². The maximum atomic E-state index is 13.9. The molecule has 7 nitrogen and oxygen atoms in total. The summed E-state index contributed by atoms with van der Waals surface area (Å²) < 4.78 is 26.7. The Morgan fingerprint density at radius 1 is 1.42 bits per heavy atom. The molecule has 1 unspecified atom stereocenters. The molecule has 2 aromatic rings. The number of fused-ring (bicyclic) bond motifs is 1. The van der Waals surface area contributed by atoms with Gasteiger partial charge in [-0.05, 0) is 36.6 Å². The zero-order valence-electron chi connectivity index (χ0n) is 17.2. The van der Waals surface area contributed by atoms with Crippen molar-refractivity contribution in [1.29, 1.82) is 0 Å². The van der Waals surface area contributed by atoms with Crippen LogP contribution in [0.1, 0.15) is 29.7 Å². The van der Waals surface area contributed by atoms with Crippen LogP contribution in [-0.2, 0) is 13.0 Å². The summed E-state index contributed by atoms with van der Waals surface area (Å²) in [6.07, 6.45) is 2.38. The summed E-state index contributed by atoms with van der Waals surface area (Å²) in [5.74, 6) is -0.154. The van der Waals surface area contributed by atoms with Crippen molar-refractivity contribution in [3.05, 3.63) is 52.1 Å². The van der Waals surface area contributed by atoms with Gasteiger partial charge in [-0.1, -0.05) is 17.7 Å². The van der Waals surface area contributed by atoms with Crippen LogP contribution in [0.5, 0.6) is 0 Å². The predicted molar refractivity (Wildman–Crippen MR) is 115 cm³/mol. The monoisotopic (exact) mass is 450 g/mol. The summed E-state index contributed by atoms with van der Waals surface area (Å²) in [6, 6.07) is 4.03. The van der Waals surface area contributed by atoms with Crippen molar-refractivity contribution in [2.75, 3.05) is 31.6 Å². The first-order chi connectivity index (χ1) is 14.9. The van der Waals surface area contributed by atoms with Gasteiger partial charge >= 0.3 is 6.03 Å². The quantitative estimate of drug-likeness (QED) is 0.652. The van der Waals surface area contributed by atoms with E-state index >= 15 is 0 Å². The first kappa shape index (κ1) is 21.7. The number of benzene rings is 1. The van der Waals surface area contributed by atoms with Crippen molar-refractivity contribution < 1.29 is 13.6 Å². The lowest BCUT2D eigenvalue weighted by Crippen LogP contribution is -2.48. The predicted octanol–water partition coefficient (Wildman–Crippen LogP) is 2.86. The summed E-state index contributed by atoms with van der Waals surface area (Å²) in [4.78, 5) is 23.4. The van der Waals surface area contributed by atoms with Crippen molar-refractivity contribution in [2.24, 2.45) is 0 Å². The molecule has 4 rings (SSSR count). The average molecular weight is 451 g/mol. The van der Waals surface area contributed by atoms with Crippen molar-refractivity contribution in [3.63, 3.8) is 0 Å². The van der Waals surface area contributed by atoms with Gasteiger partial charge in [-0.3, -0.25) is 0 Å². The third-order valence-electron chi connectivity index (χ3n) is 5.73. The van der Waals surface area contributed by atoms with E-state index in [-0.39, 0.29) is 29.1 Å². The number of carbonyl (C=O) groups excluding carboxylic acids is 1. The highest BCUT2D eigenvalue weighted by atomic mass is 35.5. The molecule has 1 saturated heterocycles. The van der Waals surface area contributed by atoms with E-state index in [1.54, 1.807) is 30.2 Å². The molecule has 2 aliphatic rings. The SMILES string of the molecule is CC(CF)Nc1ncc2c(n1)CN(C(=O)N[C@@H]1CNC[C@H]1c1ccc(Cl)c(F)c1)CC2. The Bertz CT molecular complexity index is 961. The van der Waals surface area contributed by atoms with Gasteiger partial charge in [-0.15, -0.1) is 0 Å². The molecule has 1 aromatic heterocycles. The second kappa shape index (κ2) is 9.32. The van der Waals surface area contributed by atoms with E-state index in [1.165, 1.54) is 6.07 Å². The van der Waals surface area contributed by atoms with E-state index in [0.29, 0.717) is 38.5 Å². The van der Waals surface area contributed by atoms with Gasteiger partial charge < -0.3 is 20.9 Å². The number of nitrogens with zero attached hydrogens (tertiary/aromatic N) is 3. The number of anilines is 1. The second-order valence-electron chi connectivity index (χ2n) is 8.03. The van der Waals surface area contributed by atoms with E-state index in [2.05, 4.69) is 25.9 Å². The molecule has 3 atom stereocenters. The number of amides is 2. The van der Waals surface area contributed by atoms with Crippen LogP contribution in [0.4, 0.5) is 19.5 Å². The molecule has 2 aliphatic heterocycles. The van der Waals surface area contributed by atoms with Crippen LogP contribution < -0.4 is 16.0 Å². The molecular formula is C21H25ClF2N6O.